The van der Waals surface area contributed by atoms with Crippen LogP contribution in [-0.2, 0) is 13.0 Å². The number of aromatic nitrogens is 1. The summed E-state index contributed by atoms with van der Waals surface area (Å²) in [5.74, 6) is -0.124. The van der Waals surface area contributed by atoms with Crippen molar-refractivity contribution in [3.8, 4) is 0 Å². The Bertz CT molecular complexity index is 552. The van der Waals surface area contributed by atoms with Crippen LogP contribution in [0.3, 0.4) is 0 Å². The Labute approximate surface area is 129 Å². The first kappa shape index (κ1) is 15.9. The topological polar surface area (TPSA) is 28.2 Å². The fraction of sp³-hybridized carbons (Fsp3) is 0.438. The Kier molecular flexibility index (Phi) is 6.14. The first-order valence-electron chi connectivity index (χ1n) is 7.38. The maximum Gasteiger partial charge on any atom is 0.185 e. The van der Waals surface area contributed by atoms with Gasteiger partial charge in [-0.15, -0.1) is 11.3 Å². The van der Waals surface area contributed by atoms with Gasteiger partial charge in [-0.25, -0.2) is 9.37 Å². The average molecular weight is 307 g/mol. The second kappa shape index (κ2) is 8.10. The van der Waals surface area contributed by atoms with E-state index in [0.717, 1.165) is 36.9 Å². The minimum absolute atomic E-state index is 0.124. The Morgan fingerprint density at radius 3 is 2.71 bits per heavy atom. The van der Waals surface area contributed by atoms with E-state index in [1.165, 1.54) is 10.9 Å². The van der Waals surface area contributed by atoms with E-state index in [0.29, 0.717) is 6.42 Å². The summed E-state index contributed by atoms with van der Waals surface area (Å²) in [6.07, 6.45) is 2.63. The van der Waals surface area contributed by atoms with Crippen molar-refractivity contribution in [2.45, 2.75) is 26.8 Å². The highest BCUT2D eigenvalue weighted by Crippen LogP contribution is 2.21. The monoisotopic (exact) mass is 307 g/mol. The van der Waals surface area contributed by atoms with Gasteiger partial charge in [0.05, 0.1) is 0 Å². The largest absolute Gasteiger partial charge is 0.349 e. The number of nitrogens with one attached hydrogen (secondary N) is 1. The molecule has 5 heteroatoms. The van der Waals surface area contributed by atoms with Gasteiger partial charge in [-0.2, -0.15) is 0 Å². The zero-order valence-corrected chi connectivity index (χ0v) is 13.4. The number of anilines is 1. The molecule has 1 N–H and O–H groups in total. The summed E-state index contributed by atoms with van der Waals surface area (Å²) in [4.78, 5) is 7.91. The van der Waals surface area contributed by atoms with E-state index >= 15 is 0 Å². The van der Waals surface area contributed by atoms with Crippen LogP contribution in [-0.4, -0.2) is 24.6 Å². The average Bonchev–Trinajstić information content (AvgIpc) is 2.95. The second-order valence-corrected chi connectivity index (χ2v) is 5.89. The SMILES string of the molecule is CCN(CC)c1ncc(CNCCc2ccccc2F)s1. The van der Waals surface area contributed by atoms with Gasteiger partial charge in [-0.05, 0) is 38.4 Å². The Balaban J connectivity index is 1.78. The molecule has 2 aromatic rings. The van der Waals surface area contributed by atoms with Crippen LogP contribution in [0.15, 0.2) is 30.5 Å². The molecule has 1 aromatic heterocycles. The summed E-state index contributed by atoms with van der Waals surface area (Å²) in [6.45, 7) is 7.77. The molecule has 0 unspecified atom stereocenters. The molecule has 2 rings (SSSR count). The third kappa shape index (κ3) is 4.51. The van der Waals surface area contributed by atoms with Crippen molar-refractivity contribution < 1.29 is 4.39 Å². The molecule has 0 bridgehead atoms. The molecular formula is C16H22FN3S. The van der Waals surface area contributed by atoms with Crippen LogP contribution in [0.4, 0.5) is 9.52 Å². The van der Waals surface area contributed by atoms with Gasteiger partial charge in [0.1, 0.15) is 5.82 Å². The fourth-order valence-corrected chi connectivity index (χ4v) is 3.16. The lowest BCUT2D eigenvalue weighted by molar-refractivity contribution is 0.598. The van der Waals surface area contributed by atoms with Crippen molar-refractivity contribution in [1.82, 2.24) is 10.3 Å². The summed E-state index contributed by atoms with van der Waals surface area (Å²) in [7, 11) is 0. The van der Waals surface area contributed by atoms with Crippen molar-refractivity contribution in [2.24, 2.45) is 0 Å². The highest BCUT2D eigenvalue weighted by Gasteiger charge is 2.07. The summed E-state index contributed by atoms with van der Waals surface area (Å²) in [6, 6.07) is 6.94. The molecule has 21 heavy (non-hydrogen) atoms. The summed E-state index contributed by atoms with van der Waals surface area (Å²) in [5.41, 5.74) is 0.762. The molecule has 0 radical (unpaired) electrons. The van der Waals surface area contributed by atoms with E-state index in [2.05, 4.69) is 29.0 Å². The number of halogens is 1. The predicted molar refractivity (Wildman–Crippen MR) is 87.5 cm³/mol. The van der Waals surface area contributed by atoms with Gasteiger partial charge in [0, 0.05) is 30.7 Å². The highest BCUT2D eigenvalue weighted by atomic mass is 32.1. The maximum atomic E-state index is 13.5. The molecule has 114 valence electrons. The van der Waals surface area contributed by atoms with Gasteiger partial charge in [0.2, 0.25) is 0 Å². The summed E-state index contributed by atoms with van der Waals surface area (Å²) in [5, 5.41) is 4.43. The predicted octanol–water partition coefficient (Wildman–Crippen LogP) is 3.46. The third-order valence-electron chi connectivity index (χ3n) is 3.40. The van der Waals surface area contributed by atoms with Crippen molar-refractivity contribution in [3.05, 3.63) is 46.7 Å². The van der Waals surface area contributed by atoms with Crippen LogP contribution in [0.25, 0.3) is 0 Å². The summed E-state index contributed by atoms with van der Waals surface area (Å²) < 4.78 is 13.5. The minimum Gasteiger partial charge on any atom is -0.349 e. The zero-order valence-electron chi connectivity index (χ0n) is 12.6. The molecule has 0 atom stereocenters. The lowest BCUT2D eigenvalue weighted by atomic mass is 10.1. The minimum atomic E-state index is -0.124. The molecule has 0 fully saturated rings. The Morgan fingerprint density at radius 2 is 2.00 bits per heavy atom. The first-order chi connectivity index (χ1) is 10.2. The number of benzene rings is 1. The van der Waals surface area contributed by atoms with Crippen LogP contribution >= 0.6 is 11.3 Å². The van der Waals surface area contributed by atoms with Crippen molar-refractivity contribution >= 4 is 16.5 Å². The number of nitrogens with zero attached hydrogens (tertiary/aromatic N) is 2. The van der Waals surface area contributed by atoms with Gasteiger partial charge in [0.25, 0.3) is 0 Å². The number of hydrogen-bond acceptors (Lipinski definition) is 4. The molecule has 3 nitrogen and oxygen atoms in total. The van der Waals surface area contributed by atoms with E-state index in [1.807, 2.05) is 18.3 Å². The van der Waals surface area contributed by atoms with Gasteiger partial charge >= 0.3 is 0 Å². The van der Waals surface area contributed by atoms with Crippen LogP contribution in [0.2, 0.25) is 0 Å². The Morgan fingerprint density at radius 1 is 1.24 bits per heavy atom. The van der Waals surface area contributed by atoms with Crippen LogP contribution < -0.4 is 10.2 Å². The number of hydrogen-bond donors (Lipinski definition) is 1. The smallest absolute Gasteiger partial charge is 0.185 e. The van der Waals surface area contributed by atoms with E-state index in [1.54, 1.807) is 17.4 Å². The molecule has 0 aliphatic rings. The van der Waals surface area contributed by atoms with Crippen molar-refractivity contribution in [3.63, 3.8) is 0 Å². The first-order valence-corrected chi connectivity index (χ1v) is 8.20. The molecule has 0 spiro atoms. The quantitative estimate of drug-likeness (QED) is 0.757. The zero-order chi connectivity index (χ0) is 15.1. The molecular weight excluding hydrogens is 285 g/mol. The normalized spacial score (nSPS) is 10.8. The maximum absolute atomic E-state index is 13.5. The highest BCUT2D eigenvalue weighted by molar-refractivity contribution is 7.15. The van der Waals surface area contributed by atoms with Crippen molar-refractivity contribution in [1.29, 1.82) is 0 Å². The standard InChI is InChI=1S/C16H22FN3S/c1-3-20(4-2)16-19-12-14(21-16)11-18-10-9-13-7-5-6-8-15(13)17/h5-8,12,18H,3-4,9-11H2,1-2H3. The number of rotatable bonds is 8. The third-order valence-corrected chi connectivity index (χ3v) is 4.46. The molecule has 0 saturated heterocycles. The van der Waals surface area contributed by atoms with E-state index < -0.39 is 0 Å². The van der Waals surface area contributed by atoms with Crippen LogP contribution in [0.1, 0.15) is 24.3 Å². The lowest BCUT2D eigenvalue weighted by Gasteiger charge is -2.16. The van der Waals surface area contributed by atoms with Gasteiger partial charge in [-0.1, -0.05) is 18.2 Å². The van der Waals surface area contributed by atoms with Gasteiger partial charge in [-0.3, -0.25) is 0 Å². The number of thiazole rings is 1. The van der Waals surface area contributed by atoms with Crippen LogP contribution in [0, 0.1) is 5.82 Å². The van der Waals surface area contributed by atoms with Crippen LogP contribution in [0.5, 0.6) is 0 Å². The van der Waals surface area contributed by atoms with Crippen molar-refractivity contribution in [2.75, 3.05) is 24.5 Å². The molecule has 0 saturated carbocycles. The van der Waals surface area contributed by atoms with E-state index in [9.17, 15) is 4.39 Å². The van der Waals surface area contributed by atoms with Gasteiger partial charge in [0.15, 0.2) is 5.13 Å². The van der Waals surface area contributed by atoms with Gasteiger partial charge < -0.3 is 10.2 Å². The van der Waals surface area contributed by atoms with E-state index in [4.69, 9.17) is 0 Å². The lowest BCUT2D eigenvalue weighted by Crippen LogP contribution is -2.21. The second-order valence-electron chi connectivity index (χ2n) is 4.80. The van der Waals surface area contributed by atoms with E-state index in [-0.39, 0.29) is 5.82 Å². The summed E-state index contributed by atoms with van der Waals surface area (Å²) >= 11 is 1.72. The Hall–Kier alpha value is -1.46. The molecule has 0 aliphatic heterocycles. The molecule has 1 aromatic carbocycles. The molecule has 1 heterocycles. The molecule has 0 aliphatic carbocycles. The molecule has 0 amide bonds. The fourth-order valence-electron chi connectivity index (χ4n) is 2.16.